The molecule has 1 aliphatic rings. The predicted molar refractivity (Wildman–Crippen MR) is 65.4 cm³/mol. The molecule has 0 saturated carbocycles. The van der Waals surface area contributed by atoms with E-state index >= 15 is 0 Å². The van der Waals surface area contributed by atoms with Gasteiger partial charge in [0, 0.05) is 19.5 Å². The third kappa shape index (κ3) is 3.99. The van der Waals surface area contributed by atoms with Crippen molar-refractivity contribution in [3.63, 3.8) is 0 Å². The molecule has 7 heteroatoms. The fraction of sp³-hybridized carbons (Fsp3) is 0.727. The smallest absolute Gasteiger partial charge is 0.353 e. The summed E-state index contributed by atoms with van der Waals surface area (Å²) in [5, 5.41) is 14.7. The van der Waals surface area contributed by atoms with Crippen molar-refractivity contribution in [2.24, 2.45) is 5.16 Å². The maximum atomic E-state index is 11.7. The molecule has 1 heterocycles. The van der Waals surface area contributed by atoms with Gasteiger partial charge in [-0.05, 0) is 13.1 Å². The molecule has 1 atom stereocenters. The van der Waals surface area contributed by atoms with Crippen LogP contribution in [0.15, 0.2) is 5.16 Å². The second-order valence-electron chi connectivity index (χ2n) is 3.96. The third-order valence-electron chi connectivity index (χ3n) is 2.83. The Morgan fingerprint density at radius 3 is 2.67 bits per heavy atom. The van der Waals surface area contributed by atoms with Crippen LogP contribution in [0.2, 0.25) is 0 Å². The van der Waals surface area contributed by atoms with Crippen LogP contribution in [0.5, 0.6) is 0 Å². The Hall–Kier alpha value is -1.63. The number of aliphatic carboxylic acids is 1. The van der Waals surface area contributed by atoms with Crippen molar-refractivity contribution in [1.29, 1.82) is 0 Å². The van der Waals surface area contributed by atoms with Crippen LogP contribution in [0.3, 0.4) is 0 Å². The molecule has 102 valence electrons. The Labute approximate surface area is 106 Å². The summed E-state index contributed by atoms with van der Waals surface area (Å²) in [6, 6.07) is 0. The summed E-state index contributed by atoms with van der Waals surface area (Å²) in [5.74, 6) is -1.46. The van der Waals surface area contributed by atoms with E-state index in [0.717, 1.165) is 19.6 Å². The van der Waals surface area contributed by atoms with Crippen molar-refractivity contribution < 1.29 is 19.5 Å². The van der Waals surface area contributed by atoms with Crippen molar-refractivity contribution in [2.75, 3.05) is 26.2 Å². The molecule has 1 aliphatic heterocycles. The van der Waals surface area contributed by atoms with Gasteiger partial charge in [-0.1, -0.05) is 19.0 Å². The number of rotatable bonds is 7. The molecule has 0 radical (unpaired) electrons. The van der Waals surface area contributed by atoms with Crippen LogP contribution < -0.4 is 5.32 Å². The van der Waals surface area contributed by atoms with Crippen molar-refractivity contribution >= 4 is 17.6 Å². The lowest BCUT2D eigenvalue weighted by atomic mass is 10.2. The quantitative estimate of drug-likeness (QED) is 0.652. The zero-order valence-electron chi connectivity index (χ0n) is 10.7. The number of carboxylic acid groups (broad SMARTS) is 1. The standard InChI is InChI=1S/C11H19N3O4/c1-3-14(4-2)6-5-12-10(15)9-7-8(11(16)17)13-18-9/h9H,3-7H2,1-2H3,(H,12,15)(H,16,17). The van der Waals surface area contributed by atoms with E-state index in [9.17, 15) is 9.59 Å². The van der Waals surface area contributed by atoms with Crippen molar-refractivity contribution in [3.05, 3.63) is 0 Å². The average molecular weight is 257 g/mol. The first-order chi connectivity index (χ1) is 8.58. The highest BCUT2D eigenvalue weighted by molar-refractivity contribution is 6.36. The fourth-order valence-electron chi connectivity index (χ4n) is 1.64. The van der Waals surface area contributed by atoms with E-state index in [0.29, 0.717) is 6.54 Å². The molecule has 0 aromatic heterocycles. The van der Waals surface area contributed by atoms with Gasteiger partial charge < -0.3 is 20.2 Å². The minimum atomic E-state index is -1.14. The van der Waals surface area contributed by atoms with Crippen LogP contribution in [0.25, 0.3) is 0 Å². The maximum absolute atomic E-state index is 11.7. The van der Waals surface area contributed by atoms with E-state index in [1.165, 1.54) is 0 Å². The molecule has 0 aliphatic carbocycles. The molecule has 0 bridgehead atoms. The summed E-state index contributed by atoms with van der Waals surface area (Å²) in [7, 11) is 0. The van der Waals surface area contributed by atoms with E-state index in [1.54, 1.807) is 0 Å². The lowest BCUT2D eigenvalue weighted by molar-refractivity contribution is -0.131. The van der Waals surface area contributed by atoms with Gasteiger partial charge in [0.1, 0.15) is 0 Å². The maximum Gasteiger partial charge on any atom is 0.353 e. The number of hydrogen-bond acceptors (Lipinski definition) is 5. The fourth-order valence-corrected chi connectivity index (χ4v) is 1.64. The lowest BCUT2D eigenvalue weighted by Crippen LogP contribution is -2.40. The molecule has 2 N–H and O–H groups in total. The van der Waals surface area contributed by atoms with Gasteiger partial charge in [-0.15, -0.1) is 0 Å². The van der Waals surface area contributed by atoms with Gasteiger partial charge in [0.25, 0.3) is 5.91 Å². The number of likely N-dealkylation sites (N-methyl/N-ethyl adjacent to an activating group) is 1. The largest absolute Gasteiger partial charge is 0.477 e. The topological polar surface area (TPSA) is 91.2 Å². The van der Waals surface area contributed by atoms with Crippen LogP contribution in [0.1, 0.15) is 20.3 Å². The number of carbonyl (C=O) groups excluding carboxylic acids is 1. The molecule has 0 spiro atoms. The van der Waals surface area contributed by atoms with Gasteiger partial charge in [-0.25, -0.2) is 4.79 Å². The van der Waals surface area contributed by atoms with E-state index in [2.05, 4.69) is 29.2 Å². The van der Waals surface area contributed by atoms with Gasteiger partial charge >= 0.3 is 5.97 Å². The van der Waals surface area contributed by atoms with Crippen molar-refractivity contribution in [3.8, 4) is 0 Å². The molecule has 1 unspecified atom stereocenters. The SMILES string of the molecule is CCN(CC)CCNC(=O)C1CC(C(=O)O)=NO1. The van der Waals surface area contributed by atoms with Crippen LogP contribution in [-0.2, 0) is 14.4 Å². The molecule has 7 nitrogen and oxygen atoms in total. The van der Waals surface area contributed by atoms with Gasteiger partial charge in [-0.3, -0.25) is 4.79 Å². The highest BCUT2D eigenvalue weighted by Gasteiger charge is 2.31. The summed E-state index contributed by atoms with van der Waals surface area (Å²) in [4.78, 5) is 29.2. The number of nitrogens with one attached hydrogen (secondary N) is 1. The number of nitrogens with zero attached hydrogens (tertiary/aromatic N) is 2. The number of oxime groups is 1. The molecule has 0 saturated heterocycles. The number of carbonyl (C=O) groups is 2. The molecule has 0 aromatic rings. The molecule has 18 heavy (non-hydrogen) atoms. The first kappa shape index (κ1) is 14.4. The Bertz CT molecular complexity index is 339. The first-order valence-corrected chi connectivity index (χ1v) is 6.04. The summed E-state index contributed by atoms with van der Waals surface area (Å²) < 4.78 is 0. The Morgan fingerprint density at radius 1 is 1.50 bits per heavy atom. The van der Waals surface area contributed by atoms with Crippen LogP contribution in [0, 0.1) is 0 Å². The van der Waals surface area contributed by atoms with E-state index in [4.69, 9.17) is 9.94 Å². The van der Waals surface area contributed by atoms with E-state index < -0.39 is 12.1 Å². The van der Waals surface area contributed by atoms with Crippen molar-refractivity contribution in [1.82, 2.24) is 10.2 Å². The molecular formula is C11H19N3O4. The highest BCUT2D eigenvalue weighted by Crippen LogP contribution is 2.10. The summed E-state index contributed by atoms with van der Waals surface area (Å²) in [5.41, 5.74) is -0.112. The number of amides is 1. The predicted octanol–water partition coefficient (Wildman–Crippen LogP) is -0.326. The molecule has 1 amide bonds. The van der Waals surface area contributed by atoms with Gasteiger partial charge in [0.15, 0.2) is 5.71 Å². The zero-order chi connectivity index (χ0) is 13.5. The van der Waals surface area contributed by atoms with Gasteiger partial charge in [0.05, 0.1) is 0 Å². The minimum Gasteiger partial charge on any atom is -0.477 e. The van der Waals surface area contributed by atoms with Crippen LogP contribution >= 0.6 is 0 Å². The van der Waals surface area contributed by atoms with Crippen LogP contribution in [-0.4, -0.2) is 59.9 Å². The second-order valence-corrected chi connectivity index (χ2v) is 3.96. The van der Waals surface area contributed by atoms with E-state index in [-0.39, 0.29) is 18.0 Å². The van der Waals surface area contributed by atoms with Crippen molar-refractivity contribution in [2.45, 2.75) is 26.4 Å². The lowest BCUT2D eigenvalue weighted by Gasteiger charge is -2.18. The number of carboxylic acids is 1. The average Bonchev–Trinajstić information content (AvgIpc) is 2.84. The third-order valence-corrected chi connectivity index (χ3v) is 2.83. The first-order valence-electron chi connectivity index (χ1n) is 6.04. The molecule has 1 rings (SSSR count). The Morgan fingerprint density at radius 2 is 2.17 bits per heavy atom. The van der Waals surface area contributed by atoms with Crippen LogP contribution in [0.4, 0.5) is 0 Å². The van der Waals surface area contributed by atoms with E-state index in [1.807, 2.05) is 0 Å². The monoisotopic (exact) mass is 257 g/mol. The molecule has 0 fully saturated rings. The minimum absolute atomic E-state index is 0.0203. The number of hydrogen-bond donors (Lipinski definition) is 2. The summed E-state index contributed by atoms with van der Waals surface area (Å²) in [6.45, 7) is 7.24. The van der Waals surface area contributed by atoms with Gasteiger partial charge in [-0.2, -0.15) is 0 Å². The Kier molecular flexibility index (Phi) is 5.57. The highest BCUT2D eigenvalue weighted by atomic mass is 16.6. The second kappa shape index (κ2) is 6.95. The molecule has 0 aromatic carbocycles. The summed E-state index contributed by atoms with van der Waals surface area (Å²) in [6.07, 6.45) is -0.792. The summed E-state index contributed by atoms with van der Waals surface area (Å²) >= 11 is 0. The van der Waals surface area contributed by atoms with Gasteiger partial charge in [0.2, 0.25) is 6.10 Å². The normalized spacial score (nSPS) is 18.4. The Balaban J connectivity index is 2.25. The molecular weight excluding hydrogens is 238 g/mol. The zero-order valence-corrected chi connectivity index (χ0v) is 10.7.